The zero-order chi connectivity index (χ0) is 15.4. The minimum atomic E-state index is -0.00932. The van der Waals surface area contributed by atoms with E-state index >= 15 is 0 Å². The third kappa shape index (κ3) is 4.11. The van der Waals surface area contributed by atoms with Crippen molar-refractivity contribution < 1.29 is 9.53 Å². The average molecular weight is 362 g/mol. The maximum atomic E-state index is 12.1. The van der Waals surface area contributed by atoms with Crippen molar-refractivity contribution in [2.24, 2.45) is 11.8 Å². The maximum absolute atomic E-state index is 12.1. The summed E-state index contributed by atoms with van der Waals surface area (Å²) in [4.78, 5) is 20.2. The van der Waals surface area contributed by atoms with Crippen LogP contribution in [0.1, 0.15) is 12.0 Å². The van der Waals surface area contributed by atoms with Crippen LogP contribution >= 0.6 is 15.9 Å². The van der Waals surface area contributed by atoms with Crippen molar-refractivity contribution in [3.8, 4) is 0 Å². The standard InChI is InChI=1S/C16H16BrN3O2/c17-14-7-19-15(8-18-14)20-16(21)13-6-12(13)10-22-9-11-4-2-1-3-5-11/h1-5,7-8,12-13H,6,9-10H2,(H,19,20,21)/t12-,13+/m0/s1. The Bertz CT molecular complexity index is 634. The number of halogens is 1. The third-order valence-electron chi connectivity index (χ3n) is 3.57. The van der Waals surface area contributed by atoms with Gasteiger partial charge in [0.15, 0.2) is 5.82 Å². The number of carbonyl (C=O) groups is 1. The highest BCUT2D eigenvalue weighted by atomic mass is 79.9. The summed E-state index contributed by atoms with van der Waals surface area (Å²) in [6.07, 6.45) is 3.96. The molecule has 1 heterocycles. The summed E-state index contributed by atoms with van der Waals surface area (Å²) in [5, 5.41) is 2.78. The van der Waals surface area contributed by atoms with Crippen molar-refractivity contribution >= 4 is 27.7 Å². The number of ether oxygens (including phenoxy) is 1. The van der Waals surface area contributed by atoms with Crippen molar-refractivity contribution in [1.82, 2.24) is 9.97 Å². The number of amides is 1. The molecule has 2 aromatic rings. The van der Waals surface area contributed by atoms with Crippen LogP contribution in [0.25, 0.3) is 0 Å². The van der Waals surface area contributed by atoms with Gasteiger partial charge in [0.05, 0.1) is 25.6 Å². The molecule has 22 heavy (non-hydrogen) atoms. The molecule has 1 aliphatic rings. The average Bonchev–Trinajstić information content (AvgIpc) is 3.30. The molecule has 2 atom stereocenters. The molecule has 0 bridgehead atoms. The van der Waals surface area contributed by atoms with Gasteiger partial charge in [-0.15, -0.1) is 0 Å². The van der Waals surface area contributed by atoms with Crippen LogP contribution in [0.4, 0.5) is 5.82 Å². The van der Waals surface area contributed by atoms with Crippen LogP contribution in [-0.2, 0) is 16.1 Å². The summed E-state index contributed by atoms with van der Waals surface area (Å²) in [6, 6.07) is 10.0. The third-order valence-corrected chi connectivity index (χ3v) is 3.98. The number of aromatic nitrogens is 2. The largest absolute Gasteiger partial charge is 0.376 e. The fourth-order valence-corrected chi connectivity index (χ4v) is 2.46. The van der Waals surface area contributed by atoms with Gasteiger partial charge in [-0.25, -0.2) is 9.97 Å². The van der Waals surface area contributed by atoms with Gasteiger partial charge in [0.2, 0.25) is 5.91 Å². The zero-order valence-corrected chi connectivity index (χ0v) is 13.5. The Labute approximate surface area is 137 Å². The first kappa shape index (κ1) is 15.1. The normalized spacial score (nSPS) is 19.7. The molecule has 3 rings (SSSR count). The molecule has 1 fully saturated rings. The fourth-order valence-electron chi connectivity index (χ4n) is 2.25. The van der Waals surface area contributed by atoms with Crippen molar-refractivity contribution in [3.63, 3.8) is 0 Å². The minimum absolute atomic E-state index is 0.00932. The van der Waals surface area contributed by atoms with Crippen LogP contribution in [0.5, 0.6) is 0 Å². The van der Waals surface area contributed by atoms with Crippen LogP contribution in [0, 0.1) is 11.8 Å². The highest BCUT2D eigenvalue weighted by Crippen LogP contribution is 2.39. The van der Waals surface area contributed by atoms with Crippen molar-refractivity contribution in [3.05, 3.63) is 52.9 Å². The van der Waals surface area contributed by atoms with Crippen LogP contribution < -0.4 is 5.32 Å². The summed E-state index contributed by atoms with van der Waals surface area (Å²) in [7, 11) is 0. The minimum Gasteiger partial charge on any atom is -0.376 e. The molecule has 0 radical (unpaired) electrons. The number of benzene rings is 1. The van der Waals surface area contributed by atoms with E-state index < -0.39 is 0 Å². The van der Waals surface area contributed by atoms with Gasteiger partial charge in [0.25, 0.3) is 0 Å². The second-order valence-corrected chi connectivity index (χ2v) is 6.13. The van der Waals surface area contributed by atoms with E-state index in [1.807, 2.05) is 30.3 Å². The molecule has 6 heteroatoms. The van der Waals surface area contributed by atoms with Crippen LogP contribution in [-0.4, -0.2) is 22.5 Å². The van der Waals surface area contributed by atoms with Gasteiger partial charge in [-0.05, 0) is 33.8 Å². The lowest BCUT2D eigenvalue weighted by atomic mass is 10.2. The first-order valence-corrected chi connectivity index (χ1v) is 7.92. The monoisotopic (exact) mass is 361 g/mol. The number of nitrogens with one attached hydrogen (secondary N) is 1. The van der Waals surface area contributed by atoms with Gasteiger partial charge in [0.1, 0.15) is 4.60 Å². The smallest absolute Gasteiger partial charge is 0.229 e. The van der Waals surface area contributed by atoms with Crippen molar-refractivity contribution in [2.75, 3.05) is 11.9 Å². The lowest BCUT2D eigenvalue weighted by Gasteiger charge is -2.05. The van der Waals surface area contributed by atoms with Gasteiger partial charge in [-0.3, -0.25) is 4.79 Å². The van der Waals surface area contributed by atoms with Gasteiger partial charge in [-0.1, -0.05) is 30.3 Å². The Balaban J connectivity index is 1.40. The lowest BCUT2D eigenvalue weighted by Crippen LogP contribution is -2.16. The highest BCUT2D eigenvalue weighted by Gasteiger charge is 2.43. The Morgan fingerprint density at radius 2 is 2.09 bits per heavy atom. The van der Waals surface area contributed by atoms with Crippen molar-refractivity contribution in [1.29, 1.82) is 0 Å². The molecular weight excluding hydrogens is 346 g/mol. The molecule has 114 valence electrons. The van der Waals surface area contributed by atoms with E-state index in [1.54, 1.807) is 6.20 Å². The van der Waals surface area contributed by atoms with Gasteiger partial charge < -0.3 is 10.1 Å². The second-order valence-electron chi connectivity index (χ2n) is 5.32. The summed E-state index contributed by atoms with van der Waals surface area (Å²) >= 11 is 3.21. The van der Waals surface area contributed by atoms with Crippen molar-refractivity contribution in [2.45, 2.75) is 13.0 Å². The van der Waals surface area contributed by atoms with E-state index in [1.165, 1.54) is 6.20 Å². The first-order valence-electron chi connectivity index (χ1n) is 7.12. The van der Waals surface area contributed by atoms with Crippen LogP contribution in [0.3, 0.4) is 0 Å². The molecule has 1 aliphatic carbocycles. The molecule has 1 amide bonds. The predicted molar refractivity (Wildman–Crippen MR) is 86.1 cm³/mol. The molecule has 1 aromatic heterocycles. The molecule has 1 saturated carbocycles. The molecule has 1 aromatic carbocycles. The number of rotatable bonds is 6. The predicted octanol–water partition coefficient (Wildman–Crippen LogP) is 3.03. The van der Waals surface area contributed by atoms with E-state index in [4.69, 9.17) is 4.74 Å². The summed E-state index contributed by atoms with van der Waals surface area (Å²) in [5.41, 5.74) is 1.15. The molecule has 1 N–H and O–H groups in total. The van der Waals surface area contributed by atoms with Gasteiger partial charge >= 0.3 is 0 Å². The quantitative estimate of drug-likeness (QED) is 0.858. The summed E-state index contributed by atoms with van der Waals surface area (Å²) in [5.74, 6) is 0.780. The van der Waals surface area contributed by atoms with E-state index in [9.17, 15) is 4.79 Å². The Hall–Kier alpha value is -1.79. The number of hydrogen-bond acceptors (Lipinski definition) is 4. The van der Waals surface area contributed by atoms with Crippen LogP contribution in [0.2, 0.25) is 0 Å². The Kier molecular flexibility index (Phi) is 4.80. The zero-order valence-electron chi connectivity index (χ0n) is 11.9. The SMILES string of the molecule is O=C(Nc1cnc(Br)cn1)[C@@H]1C[C@H]1COCc1ccccc1. The molecular formula is C16H16BrN3O2. The van der Waals surface area contributed by atoms with E-state index in [0.29, 0.717) is 29.6 Å². The number of nitrogens with zero attached hydrogens (tertiary/aromatic N) is 2. The van der Waals surface area contributed by atoms with E-state index in [-0.39, 0.29) is 11.8 Å². The van der Waals surface area contributed by atoms with Crippen LogP contribution in [0.15, 0.2) is 47.3 Å². The molecule has 5 nitrogen and oxygen atoms in total. The van der Waals surface area contributed by atoms with E-state index in [0.717, 1.165) is 12.0 Å². The van der Waals surface area contributed by atoms with Gasteiger partial charge in [-0.2, -0.15) is 0 Å². The Morgan fingerprint density at radius 3 is 2.82 bits per heavy atom. The molecule has 0 unspecified atom stereocenters. The first-order chi connectivity index (χ1) is 10.7. The molecule has 0 saturated heterocycles. The second kappa shape index (κ2) is 6.98. The Morgan fingerprint density at radius 1 is 1.27 bits per heavy atom. The summed E-state index contributed by atoms with van der Waals surface area (Å²) < 4.78 is 6.32. The number of carbonyl (C=O) groups excluding carboxylic acids is 1. The maximum Gasteiger partial charge on any atom is 0.229 e. The highest BCUT2D eigenvalue weighted by molar-refractivity contribution is 9.10. The summed E-state index contributed by atoms with van der Waals surface area (Å²) in [6.45, 7) is 1.20. The number of anilines is 1. The van der Waals surface area contributed by atoms with Gasteiger partial charge in [0, 0.05) is 5.92 Å². The fraction of sp³-hybridized carbons (Fsp3) is 0.312. The van der Waals surface area contributed by atoms with E-state index in [2.05, 4.69) is 31.2 Å². The molecule has 0 spiro atoms. The molecule has 0 aliphatic heterocycles. The number of hydrogen-bond donors (Lipinski definition) is 1. The topological polar surface area (TPSA) is 64.1 Å². The lowest BCUT2D eigenvalue weighted by molar-refractivity contribution is -0.117.